The summed E-state index contributed by atoms with van der Waals surface area (Å²) in [4.78, 5) is 12.3. The van der Waals surface area contributed by atoms with Crippen LogP contribution in [0.4, 0.5) is 5.69 Å². The van der Waals surface area contributed by atoms with Crippen molar-refractivity contribution in [2.75, 3.05) is 19.0 Å². The first-order valence-corrected chi connectivity index (χ1v) is 10.8. The van der Waals surface area contributed by atoms with E-state index in [4.69, 9.17) is 9.47 Å². The summed E-state index contributed by atoms with van der Waals surface area (Å²) < 4.78 is 38.1. The lowest BCUT2D eigenvalue weighted by atomic mass is 10.1. The SMILES string of the molecule is COc1ccc(OCCCC(=O)Nc2cccc(S(=O)(=O)NC(C)(C)C)c2)cc1. The Kier molecular flexibility index (Phi) is 7.64. The standard InChI is InChI=1S/C21H28N2O5S/c1-21(2,3)23-29(25,26)19-8-5-7-16(15-19)22-20(24)9-6-14-28-18-12-10-17(27-4)11-13-18/h5,7-8,10-13,15,23H,6,9,14H2,1-4H3,(H,22,24). The van der Waals surface area contributed by atoms with Crippen LogP contribution in [0.5, 0.6) is 11.5 Å². The maximum atomic E-state index is 12.4. The van der Waals surface area contributed by atoms with Crippen LogP contribution in [-0.4, -0.2) is 33.6 Å². The van der Waals surface area contributed by atoms with Gasteiger partial charge >= 0.3 is 0 Å². The summed E-state index contributed by atoms with van der Waals surface area (Å²) in [5.74, 6) is 1.25. The fourth-order valence-electron chi connectivity index (χ4n) is 2.52. The quantitative estimate of drug-likeness (QED) is 0.605. The highest BCUT2D eigenvalue weighted by molar-refractivity contribution is 7.89. The fourth-order valence-corrected chi connectivity index (χ4v) is 3.99. The van der Waals surface area contributed by atoms with E-state index >= 15 is 0 Å². The van der Waals surface area contributed by atoms with Crippen LogP contribution >= 0.6 is 0 Å². The molecule has 1 amide bonds. The molecule has 158 valence electrons. The van der Waals surface area contributed by atoms with Gasteiger partial charge in [-0.15, -0.1) is 0 Å². The molecule has 2 aromatic rings. The normalized spacial score (nSPS) is 11.7. The Morgan fingerprint density at radius 3 is 2.31 bits per heavy atom. The molecule has 0 unspecified atom stereocenters. The Morgan fingerprint density at radius 2 is 1.69 bits per heavy atom. The second kappa shape index (κ2) is 9.76. The van der Waals surface area contributed by atoms with E-state index in [-0.39, 0.29) is 17.2 Å². The van der Waals surface area contributed by atoms with Gasteiger partial charge in [-0.1, -0.05) is 6.07 Å². The van der Waals surface area contributed by atoms with Gasteiger partial charge in [-0.05, 0) is 69.7 Å². The molecule has 0 fully saturated rings. The third kappa shape index (κ3) is 7.75. The zero-order valence-corrected chi connectivity index (χ0v) is 18.0. The van der Waals surface area contributed by atoms with Crippen molar-refractivity contribution in [2.45, 2.75) is 44.0 Å². The third-order valence-electron chi connectivity index (χ3n) is 3.74. The number of nitrogens with one attached hydrogen (secondary N) is 2. The van der Waals surface area contributed by atoms with Crippen molar-refractivity contribution in [3.05, 3.63) is 48.5 Å². The molecule has 7 nitrogen and oxygen atoms in total. The Labute approximate surface area is 172 Å². The topological polar surface area (TPSA) is 93.7 Å². The molecule has 0 aliphatic rings. The van der Waals surface area contributed by atoms with E-state index in [2.05, 4.69) is 10.0 Å². The first kappa shape index (κ1) is 22.7. The summed E-state index contributed by atoms with van der Waals surface area (Å²) >= 11 is 0. The van der Waals surface area contributed by atoms with E-state index < -0.39 is 15.6 Å². The number of ether oxygens (including phenoxy) is 2. The molecule has 2 aromatic carbocycles. The molecule has 0 spiro atoms. The second-order valence-corrected chi connectivity index (χ2v) is 9.24. The van der Waals surface area contributed by atoms with Crippen molar-refractivity contribution in [3.63, 3.8) is 0 Å². The number of hydrogen-bond acceptors (Lipinski definition) is 5. The van der Waals surface area contributed by atoms with E-state index in [1.165, 1.54) is 12.1 Å². The van der Waals surface area contributed by atoms with Gasteiger partial charge in [-0.3, -0.25) is 4.79 Å². The highest BCUT2D eigenvalue weighted by Gasteiger charge is 2.22. The minimum atomic E-state index is -3.66. The molecule has 0 heterocycles. The Bertz CT molecular complexity index is 919. The summed E-state index contributed by atoms with van der Waals surface area (Å²) in [6.45, 7) is 5.70. The molecule has 0 aliphatic carbocycles. The zero-order chi connectivity index (χ0) is 21.5. The van der Waals surface area contributed by atoms with Crippen molar-refractivity contribution in [3.8, 4) is 11.5 Å². The maximum absolute atomic E-state index is 12.4. The van der Waals surface area contributed by atoms with Gasteiger partial charge < -0.3 is 14.8 Å². The molecule has 0 saturated carbocycles. The Morgan fingerprint density at radius 1 is 1.03 bits per heavy atom. The Hall–Kier alpha value is -2.58. The number of amides is 1. The molecule has 29 heavy (non-hydrogen) atoms. The first-order chi connectivity index (χ1) is 13.6. The monoisotopic (exact) mass is 420 g/mol. The molecule has 0 aliphatic heterocycles. The number of anilines is 1. The van der Waals surface area contributed by atoms with E-state index in [1.54, 1.807) is 64.3 Å². The number of methoxy groups -OCH3 is 1. The number of carbonyl (C=O) groups is 1. The first-order valence-electron chi connectivity index (χ1n) is 9.30. The zero-order valence-electron chi connectivity index (χ0n) is 17.2. The summed E-state index contributed by atoms with van der Waals surface area (Å²) in [6, 6.07) is 13.4. The highest BCUT2D eigenvalue weighted by atomic mass is 32.2. The van der Waals surface area contributed by atoms with Gasteiger partial charge in [0.15, 0.2) is 0 Å². The predicted octanol–water partition coefficient (Wildman–Crippen LogP) is 3.57. The van der Waals surface area contributed by atoms with Crippen LogP contribution in [0.15, 0.2) is 53.4 Å². The van der Waals surface area contributed by atoms with Crippen LogP contribution in [0, 0.1) is 0 Å². The van der Waals surface area contributed by atoms with E-state index in [9.17, 15) is 13.2 Å². The molecule has 0 radical (unpaired) electrons. The number of carbonyl (C=O) groups excluding carboxylic acids is 1. The summed E-state index contributed by atoms with van der Waals surface area (Å²) in [5.41, 5.74) is -0.162. The summed E-state index contributed by atoms with van der Waals surface area (Å²) in [6.07, 6.45) is 0.787. The van der Waals surface area contributed by atoms with Crippen LogP contribution in [0.2, 0.25) is 0 Å². The molecule has 0 atom stereocenters. The van der Waals surface area contributed by atoms with E-state index in [1.807, 2.05) is 0 Å². The molecular formula is C21H28N2O5S. The van der Waals surface area contributed by atoms with Crippen molar-refractivity contribution in [2.24, 2.45) is 0 Å². The number of rotatable bonds is 9. The molecule has 0 aromatic heterocycles. The molecule has 2 N–H and O–H groups in total. The number of sulfonamides is 1. The lowest BCUT2D eigenvalue weighted by Crippen LogP contribution is -2.40. The predicted molar refractivity (Wildman–Crippen MR) is 113 cm³/mol. The molecule has 0 saturated heterocycles. The van der Waals surface area contributed by atoms with Crippen molar-refractivity contribution in [1.29, 1.82) is 0 Å². The summed E-state index contributed by atoms with van der Waals surface area (Å²) in [5, 5.41) is 2.73. The highest BCUT2D eigenvalue weighted by Crippen LogP contribution is 2.19. The van der Waals surface area contributed by atoms with Crippen molar-refractivity contribution in [1.82, 2.24) is 4.72 Å². The van der Waals surface area contributed by atoms with Gasteiger partial charge in [0, 0.05) is 17.6 Å². The van der Waals surface area contributed by atoms with Gasteiger partial charge in [-0.2, -0.15) is 0 Å². The largest absolute Gasteiger partial charge is 0.497 e. The number of hydrogen-bond donors (Lipinski definition) is 2. The molecular weight excluding hydrogens is 392 g/mol. The van der Waals surface area contributed by atoms with E-state index in [0.29, 0.717) is 24.5 Å². The Balaban J connectivity index is 1.84. The van der Waals surface area contributed by atoms with Crippen LogP contribution in [0.25, 0.3) is 0 Å². The summed E-state index contributed by atoms with van der Waals surface area (Å²) in [7, 11) is -2.07. The van der Waals surface area contributed by atoms with Crippen LogP contribution in [-0.2, 0) is 14.8 Å². The van der Waals surface area contributed by atoms with Crippen molar-refractivity contribution >= 4 is 21.6 Å². The minimum absolute atomic E-state index is 0.105. The van der Waals surface area contributed by atoms with Gasteiger partial charge in [0.25, 0.3) is 0 Å². The van der Waals surface area contributed by atoms with Gasteiger partial charge in [-0.25, -0.2) is 13.1 Å². The number of benzene rings is 2. The maximum Gasteiger partial charge on any atom is 0.241 e. The third-order valence-corrected chi connectivity index (χ3v) is 5.50. The fraction of sp³-hybridized carbons (Fsp3) is 0.381. The van der Waals surface area contributed by atoms with E-state index in [0.717, 1.165) is 5.75 Å². The average molecular weight is 421 g/mol. The average Bonchev–Trinajstić information content (AvgIpc) is 2.64. The lowest BCUT2D eigenvalue weighted by Gasteiger charge is -2.20. The molecule has 0 bridgehead atoms. The van der Waals surface area contributed by atoms with Crippen LogP contribution < -0.4 is 19.5 Å². The lowest BCUT2D eigenvalue weighted by molar-refractivity contribution is -0.116. The second-order valence-electron chi connectivity index (χ2n) is 7.56. The van der Waals surface area contributed by atoms with Crippen molar-refractivity contribution < 1.29 is 22.7 Å². The van der Waals surface area contributed by atoms with Crippen LogP contribution in [0.1, 0.15) is 33.6 Å². The molecule has 2 rings (SSSR count). The van der Waals surface area contributed by atoms with Gasteiger partial charge in [0.2, 0.25) is 15.9 Å². The smallest absolute Gasteiger partial charge is 0.241 e. The molecule has 8 heteroatoms. The minimum Gasteiger partial charge on any atom is -0.497 e. The van der Waals surface area contributed by atoms with Gasteiger partial charge in [0.1, 0.15) is 11.5 Å². The van der Waals surface area contributed by atoms with Crippen LogP contribution in [0.3, 0.4) is 0 Å². The van der Waals surface area contributed by atoms with Gasteiger partial charge in [0.05, 0.1) is 18.6 Å².